The average Bonchev–Trinajstić information content (AvgIpc) is 2.41. The highest BCUT2D eigenvalue weighted by Gasteiger charge is 2.23. The Morgan fingerprint density at radius 2 is 2.06 bits per heavy atom. The minimum absolute atomic E-state index is 0.0302. The van der Waals surface area contributed by atoms with Crippen molar-refractivity contribution in [3.05, 3.63) is 34.9 Å². The second kappa shape index (κ2) is 7.36. The summed E-state index contributed by atoms with van der Waals surface area (Å²) in [6.07, 6.45) is 0.720. The van der Waals surface area contributed by atoms with Gasteiger partial charge in [-0.2, -0.15) is 0 Å². The Morgan fingerprint density at radius 3 is 2.50 bits per heavy atom. The fourth-order valence-corrected chi connectivity index (χ4v) is 1.73. The first-order chi connectivity index (χ1) is 8.62. The summed E-state index contributed by atoms with van der Waals surface area (Å²) in [4.78, 5) is 11.8. The molecular weight excluding hydrogens is 254 g/mol. The van der Waals surface area contributed by atoms with Crippen molar-refractivity contribution in [2.45, 2.75) is 25.4 Å². The van der Waals surface area contributed by atoms with Crippen molar-refractivity contribution in [2.75, 3.05) is 13.7 Å². The first-order valence-electron chi connectivity index (χ1n) is 5.82. The maximum absolute atomic E-state index is 11.8. The zero-order chi connectivity index (χ0) is 13.5. The van der Waals surface area contributed by atoms with E-state index in [-0.39, 0.29) is 18.6 Å². The van der Waals surface area contributed by atoms with Crippen LogP contribution in [-0.2, 0) is 9.53 Å². The molecule has 0 spiro atoms. The van der Waals surface area contributed by atoms with Crippen LogP contribution in [0.4, 0.5) is 0 Å². The quantitative estimate of drug-likeness (QED) is 0.776. The van der Waals surface area contributed by atoms with Crippen LogP contribution in [0.3, 0.4) is 0 Å². The molecule has 0 aromatic heterocycles. The molecular formula is C13H18ClNO3. The van der Waals surface area contributed by atoms with Crippen LogP contribution in [0.15, 0.2) is 24.3 Å². The lowest BCUT2D eigenvalue weighted by molar-refractivity contribution is -0.143. The molecule has 0 saturated heterocycles. The third kappa shape index (κ3) is 3.98. The normalized spacial score (nSPS) is 14.0. The number of aliphatic hydroxyl groups excluding tert-OH is 1. The fourth-order valence-electron chi connectivity index (χ4n) is 1.61. The fraction of sp³-hybridized carbons (Fsp3) is 0.462. The molecule has 0 fully saturated rings. The van der Waals surface area contributed by atoms with Gasteiger partial charge in [0, 0.05) is 11.1 Å². The van der Waals surface area contributed by atoms with E-state index in [0.717, 1.165) is 12.0 Å². The summed E-state index contributed by atoms with van der Waals surface area (Å²) in [5.74, 6) is -0.385. The number of rotatable bonds is 6. The summed E-state index contributed by atoms with van der Waals surface area (Å²) in [5.41, 5.74) is 0.762. The molecule has 0 bridgehead atoms. The van der Waals surface area contributed by atoms with Gasteiger partial charge >= 0.3 is 5.97 Å². The number of methoxy groups -OCH3 is 1. The van der Waals surface area contributed by atoms with Gasteiger partial charge in [0.15, 0.2) is 0 Å². The number of hydrogen-bond acceptors (Lipinski definition) is 4. The van der Waals surface area contributed by atoms with Crippen LogP contribution >= 0.6 is 11.6 Å². The number of aliphatic hydroxyl groups is 1. The van der Waals surface area contributed by atoms with Crippen LogP contribution in [0.2, 0.25) is 5.02 Å². The third-order valence-corrected chi connectivity index (χ3v) is 3.01. The van der Waals surface area contributed by atoms with Gasteiger partial charge in [-0.15, -0.1) is 0 Å². The van der Waals surface area contributed by atoms with Crippen LogP contribution in [0.1, 0.15) is 24.9 Å². The second-order valence-corrected chi connectivity index (χ2v) is 4.40. The van der Waals surface area contributed by atoms with Crippen LogP contribution in [-0.4, -0.2) is 30.8 Å². The van der Waals surface area contributed by atoms with E-state index in [1.165, 1.54) is 7.11 Å². The molecule has 0 amide bonds. The highest BCUT2D eigenvalue weighted by Crippen LogP contribution is 2.18. The predicted octanol–water partition coefficient (Wildman–Crippen LogP) is 1.91. The smallest absolute Gasteiger partial charge is 0.327 e. The number of esters is 1. The van der Waals surface area contributed by atoms with Crippen molar-refractivity contribution >= 4 is 17.6 Å². The van der Waals surface area contributed by atoms with Crippen LogP contribution in [0.5, 0.6) is 0 Å². The largest absolute Gasteiger partial charge is 0.468 e. The molecule has 1 aromatic rings. The number of halogens is 1. The molecule has 4 nitrogen and oxygen atoms in total. The Hall–Kier alpha value is -1.10. The highest BCUT2D eigenvalue weighted by molar-refractivity contribution is 6.30. The van der Waals surface area contributed by atoms with Gasteiger partial charge in [0.2, 0.25) is 0 Å². The summed E-state index contributed by atoms with van der Waals surface area (Å²) in [6, 6.07) is 6.22. The maximum atomic E-state index is 11.8. The first-order valence-corrected chi connectivity index (χ1v) is 6.20. The molecule has 5 heteroatoms. The summed E-state index contributed by atoms with van der Waals surface area (Å²) in [5, 5.41) is 12.9. The van der Waals surface area contributed by atoms with Crippen LogP contribution in [0, 0.1) is 0 Å². The average molecular weight is 272 g/mol. The minimum atomic E-state index is -0.593. The van der Waals surface area contributed by atoms with Gasteiger partial charge in [-0.3, -0.25) is 5.32 Å². The van der Waals surface area contributed by atoms with E-state index in [4.69, 9.17) is 16.3 Å². The topological polar surface area (TPSA) is 58.6 Å². The van der Waals surface area contributed by atoms with E-state index in [1.54, 1.807) is 24.3 Å². The number of carbonyl (C=O) groups excluding carboxylic acids is 1. The number of ether oxygens (including phenoxy) is 1. The van der Waals surface area contributed by atoms with Gasteiger partial charge in [0.05, 0.1) is 13.7 Å². The lowest BCUT2D eigenvalue weighted by Crippen LogP contribution is -2.39. The summed E-state index contributed by atoms with van der Waals surface area (Å²) < 4.78 is 4.77. The van der Waals surface area contributed by atoms with Crippen molar-refractivity contribution in [1.29, 1.82) is 0 Å². The Kier molecular flexibility index (Phi) is 6.12. The first kappa shape index (κ1) is 15.0. The number of nitrogens with one attached hydrogen (secondary N) is 1. The van der Waals surface area contributed by atoms with Gasteiger partial charge in [0.1, 0.15) is 6.04 Å². The summed E-state index contributed by atoms with van der Waals surface area (Å²) in [6.45, 7) is 1.90. The van der Waals surface area contributed by atoms with Gasteiger partial charge in [-0.25, -0.2) is 4.79 Å². The van der Waals surface area contributed by atoms with E-state index < -0.39 is 6.04 Å². The van der Waals surface area contributed by atoms with E-state index in [2.05, 4.69) is 5.32 Å². The molecule has 2 atom stereocenters. The molecule has 1 aromatic carbocycles. The molecule has 0 heterocycles. The molecule has 18 heavy (non-hydrogen) atoms. The lowest BCUT2D eigenvalue weighted by atomic mass is 10.1. The van der Waals surface area contributed by atoms with Gasteiger partial charge in [-0.1, -0.05) is 30.7 Å². The standard InChI is InChI=1S/C13H18ClNO3/c1-3-11(8-16)15-12(13(17)18-2)9-4-6-10(14)7-5-9/h4-7,11-12,15-16H,3,8H2,1-2H3. The number of benzene rings is 1. The molecule has 1 rings (SSSR count). The lowest BCUT2D eigenvalue weighted by Gasteiger charge is -2.22. The van der Waals surface area contributed by atoms with Crippen molar-refractivity contribution in [3.8, 4) is 0 Å². The van der Waals surface area contributed by atoms with Crippen molar-refractivity contribution < 1.29 is 14.6 Å². The number of hydrogen-bond donors (Lipinski definition) is 2. The van der Waals surface area contributed by atoms with Gasteiger partial charge in [-0.05, 0) is 24.1 Å². The van der Waals surface area contributed by atoms with Crippen molar-refractivity contribution in [2.24, 2.45) is 0 Å². The van der Waals surface area contributed by atoms with Crippen molar-refractivity contribution in [1.82, 2.24) is 5.32 Å². The zero-order valence-electron chi connectivity index (χ0n) is 10.5. The van der Waals surface area contributed by atoms with E-state index >= 15 is 0 Å². The highest BCUT2D eigenvalue weighted by atomic mass is 35.5. The SMILES string of the molecule is CCC(CO)NC(C(=O)OC)c1ccc(Cl)cc1. The monoisotopic (exact) mass is 271 g/mol. The zero-order valence-corrected chi connectivity index (χ0v) is 11.3. The van der Waals surface area contributed by atoms with E-state index in [0.29, 0.717) is 5.02 Å². The minimum Gasteiger partial charge on any atom is -0.468 e. The van der Waals surface area contributed by atoms with Crippen LogP contribution in [0.25, 0.3) is 0 Å². The second-order valence-electron chi connectivity index (χ2n) is 3.96. The van der Waals surface area contributed by atoms with E-state index in [9.17, 15) is 9.90 Å². The Bertz CT molecular complexity index is 376. The summed E-state index contributed by atoms with van der Waals surface area (Å²) >= 11 is 5.81. The van der Waals surface area contributed by atoms with Gasteiger partial charge in [0.25, 0.3) is 0 Å². The Morgan fingerprint density at radius 1 is 1.44 bits per heavy atom. The van der Waals surface area contributed by atoms with Crippen molar-refractivity contribution in [3.63, 3.8) is 0 Å². The molecule has 0 aliphatic carbocycles. The molecule has 0 aliphatic heterocycles. The molecule has 0 aliphatic rings. The number of carbonyl (C=O) groups is 1. The predicted molar refractivity (Wildman–Crippen MR) is 70.5 cm³/mol. The molecule has 100 valence electrons. The maximum Gasteiger partial charge on any atom is 0.327 e. The summed E-state index contributed by atoms with van der Waals surface area (Å²) in [7, 11) is 1.34. The Balaban J connectivity index is 2.90. The van der Waals surface area contributed by atoms with E-state index in [1.807, 2.05) is 6.92 Å². The van der Waals surface area contributed by atoms with Crippen LogP contribution < -0.4 is 5.32 Å². The Labute approximate surface area is 112 Å². The molecule has 2 unspecified atom stereocenters. The molecule has 2 N–H and O–H groups in total. The molecule has 0 radical (unpaired) electrons. The molecule has 0 saturated carbocycles. The third-order valence-electron chi connectivity index (χ3n) is 2.76. The van der Waals surface area contributed by atoms with Gasteiger partial charge < -0.3 is 9.84 Å².